The number of fused-ring (bicyclic) bond motifs is 5. The monoisotopic (exact) mass is 645 g/mol. The number of imidazole rings is 1. The normalized spacial score (nSPS) is 25.5. The molecule has 0 aliphatic carbocycles. The van der Waals surface area contributed by atoms with Crippen LogP contribution in [-0.4, -0.2) is 63.7 Å². The molecule has 1 atom stereocenters. The van der Waals surface area contributed by atoms with E-state index in [9.17, 15) is 29.5 Å². The van der Waals surface area contributed by atoms with Gasteiger partial charge in [-0.2, -0.15) is 0 Å². The van der Waals surface area contributed by atoms with E-state index in [2.05, 4.69) is 30.9 Å². The van der Waals surface area contributed by atoms with Gasteiger partial charge in [-0.25, -0.2) is 0 Å². The SMILES string of the molecule is NC1=C2NCN(c3oc4c(c3O)O[PH](O)(O)O/C=C3\CC(=C(n5cnc6c(=O)[nH]cnc65)O3)O[PH](O)(O)OC4)C2NCN1. The van der Waals surface area contributed by atoms with Crippen LogP contribution in [0.1, 0.15) is 12.2 Å². The minimum absolute atomic E-state index is 0.0431. The van der Waals surface area contributed by atoms with Gasteiger partial charge in [0.1, 0.15) is 0 Å². The Morgan fingerprint density at radius 1 is 1.12 bits per heavy atom. The Hall–Kier alpha value is -4.33. The molecule has 7 rings (SSSR count). The van der Waals surface area contributed by atoms with Crippen LogP contribution in [0.15, 0.2) is 51.2 Å². The van der Waals surface area contributed by atoms with Gasteiger partial charge in [0.25, 0.3) is 0 Å². The summed E-state index contributed by atoms with van der Waals surface area (Å²) in [6.45, 7) is -0.362. The molecule has 23 heteroatoms. The third-order valence-corrected chi connectivity index (χ3v) is 8.55. The van der Waals surface area contributed by atoms with Crippen LogP contribution >= 0.6 is 16.3 Å². The molecule has 11 N–H and O–H groups in total. The van der Waals surface area contributed by atoms with Gasteiger partial charge in [0.2, 0.25) is 0 Å². The third-order valence-electron chi connectivity index (χ3n) is 6.63. The molecule has 1 unspecified atom stereocenters. The minimum atomic E-state index is -5.12. The first-order chi connectivity index (χ1) is 20.5. The average molecular weight is 645 g/mol. The Morgan fingerprint density at radius 2 is 1.95 bits per heavy atom. The summed E-state index contributed by atoms with van der Waals surface area (Å²) >= 11 is 0. The van der Waals surface area contributed by atoms with Crippen LogP contribution in [0.5, 0.6) is 11.5 Å². The summed E-state index contributed by atoms with van der Waals surface area (Å²) in [5.41, 5.74) is 6.04. The van der Waals surface area contributed by atoms with E-state index < -0.39 is 46.2 Å². The van der Waals surface area contributed by atoms with Gasteiger partial charge in [-0.1, -0.05) is 0 Å². The van der Waals surface area contributed by atoms with Crippen molar-refractivity contribution in [3.8, 4) is 11.5 Å². The summed E-state index contributed by atoms with van der Waals surface area (Å²) < 4.78 is 33.8. The predicted molar refractivity (Wildman–Crippen MR) is 145 cm³/mol. The molecule has 232 valence electrons. The summed E-state index contributed by atoms with van der Waals surface area (Å²) in [4.78, 5) is 66.8. The summed E-state index contributed by atoms with van der Waals surface area (Å²) in [6, 6.07) is 0. The number of H-pyrrole nitrogens is 1. The molecule has 0 spiro atoms. The maximum absolute atomic E-state index is 12.1. The Labute approximate surface area is 239 Å². The van der Waals surface area contributed by atoms with Gasteiger partial charge in [0.05, 0.1) is 0 Å². The van der Waals surface area contributed by atoms with Crippen LogP contribution in [0.2, 0.25) is 0 Å². The van der Waals surface area contributed by atoms with Crippen molar-refractivity contribution >= 4 is 39.3 Å². The number of nitrogens with two attached hydrogens (primary N) is 1. The van der Waals surface area contributed by atoms with Crippen LogP contribution in [0, 0.1) is 0 Å². The average Bonchev–Trinajstić information content (AvgIpc) is 3.72. The van der Waals surface area contributed by atoms with Crippen molar-refractivity contribution in [3.05, 3.63) is 58.1 Å². The first-order valence-electron chi connectivity index (χ1n) is 12.4. The molecule has 0 radical (unpaired) electrons. The second kappa shape index (κ2) is 9.86. The number of nitrogens with one attached hydrogen (secondary N) is 4. The van der Waals surface area contributed by atoms with E-state index in [0.717, 1.165) is 12.6 Å². The number of aromatic amines is 1. The van der Waals surface area contributed by atoms with Gasteiger partial charge >= 0.3 is 239 Å². The fraction of sp³-hybridized carbons (Fsp3) is 0.250. The van der Waals surface area contributed by atoms with Gasteiger partial charge in [-0.15, -0.1) is 0 Å². The molecule has 1 saturated heterocycles. The zero-order valence-electron chi connectivity index (χ0n) is 21.6. The first kappa shape index (κ1) is 27.5. The quantitative estimate of drug-likeness (QED) is 0.138. The van der Waals surface area contributed by atoms with E-state index in [-0.39, 0.29) is 53.3 Å². The number of ether oxygens (including phenoxy) is 1. The number of aromatic nitrogens is 4. The number of hydrogen-bond acceptors (Lipinski definition) is 19. The van der Waals surface area contributed by atoms with Crippen LogP contribution in [0.4, 0.5) is 5.88 Å². The number of rotatable bonds is 2. The molecule has 0 aromatic carbocycles. The molecule has 7 heterocycles. The molecule has 3 aromatic heterocycles. The fourth-order valence-electron chi connectivity index (χ4n) is 4.76. The van der Waals surface area contributed by atoms with Crippen molar-refractivity contribution in [1.29, 1.82) is 0 Å². The molecule has 0 amide bonds. The number of furan rings is 1. The molecule has 4 aliphatic rings. The summed E-state index contributed by atoms with van der Waals surface area (Å²) in [5.74, 6) is -1.90. The number of nitrogens with zero attached hydrogens (tertiary/aromatic N) is 4. The first-order valence-corrected chi connectivity index (χ1v) is 15.8. The van der Waals surface area contributed by atoms with Crippen molar-refractivity contribution in [3.63, 3.8) is 0 Å². The van der Waals surface area contributed by atoms with Gasteiger partial charge < -0.3 is 0 Å². The molecule has 4 aliphatic heterocycles. The molecule has 0 saturated carbocycles. The van der Waals surface area contributed by atoms with Crippen LogP contribution in [0.25, 0.3) is 17.0 Å². The molecule has 21 nitrogen and oxygen atoms in total. The standard InChI is InChI=1S/C20H25N9O12P2/c21-15-11-16(23-4-22-15)29(6-26-11)20-13(30)14-10(39-20)3-37-42(32,33)40-9-1-8(2-36-43(34,35)41-14)38-19(9)28-7-27-12-17(28)24-5-25-18(12)31/h2,5,7,16,22-23,26,30,32-35,42-43H,1,3-4,6,21H2,(H,24,25,31)/b8-2+. The second-order valence-corrected chi connectivity index (χ2v) is 12.5. The van der Waals surface area contributed by atoms with Gasteiger partial charge in [0, 0.05) is 0 Å². The van der Waals surface area contributed by atoms with E-state index in [1.807, 2.05) is 0 Å². The van der Waals surface area contributed by atoms with Gasteiger partial charge in [-0.3, -0.25) is 0 Å². The third kappa shape index (κ3) is 4.82. The van der Waals surface area contributed by atoms with E-state index in [4.69, 9.17) is 33.0 Å². The Kier molecular flexibility index (Phi) is 6.31. The molecular formula is C20H25N9O12P2. The number of anilines is 1. The molecule has 3 aromatic rings. The number of aromatic hydroxyl groups is 1. The van der Waals surface area contributed by atoms with E-state index in [1.165, 1.54) is 15.8 Å². The summed E-state index contributed by atoms with van der Waals surface area (Å²) in [6.07, 6.45) is 2.29. The second-order valence-electron chi connectivity index (χ2n) is 9.42. The maximum atomic E-state index is 12.1. The van der Waals surface area contributed by atoms with E-state index >= 15 is 0 Å². The van der Waals surface area contributed by atoms with Crippen molar-refractivity contribution in [2.75, 3.05) is 18.2 Å². The number of hydrogen-bond donors (Lipinski definition) is 10. The predicted octanol–water partition coefficient (Wildman–Crippen LogP) is -1.79. The van der Waals surface area contributed by atoms with Crippen molar-refractivity contribution in [2.24, 2.45) is 5.73 Å². The van der Waals surface area contributed by atoms with Crippen LogP contribution < -0.4 is 36.7 Å². The summed E-state index contributed by atoms with van der Waals surface area (Å²) in [7, 11) is -10.2. The van der Waals surface area contributed by atoms with Crippen molar-refractivity contribution in [1.82, 2.24) is 35.5 Å². The molecule has 43 heavy (non-hydrogen) atoms. The fourth-order valence-corrected chi connectivity index (χ4v) is 6.42. The van der Waals surface area contributed by atoms with Crippen LogP contribution in [-0.2, 0) is 24.9 Å². The molecule has 1 fully saturated rings. The van der Waals surface area contributed by atoms with Gasteiger partial charge in [-0.05, 0) is 0 Å². The molecular weight excluding hydrogens is 620 g/mol. The van der Waals surface area contributed by atoms with Crippen LogP contribution in [0.3, 0.4) is 0 Å². The van der Waals surface area contributed by atoms with Gasteiger partial charge in [0.15, 0.2) is 0 Å². The van der Waals surface area contributed by atoms with E-state index in [1.54, 1.807) is 0 Å². The molecule has 2 bridgehead atoms. The zero-order chi connectivity index (χ0) is 30.1. The van der Waals surface area contributed by atoms with Crippen molar-refractivity contribution in [2.45, 2.75) is 19.2 Å². The Morgan fingerprint density at radius 3 is 2.79 bits per heavy atom. The Bertz CT molecular complexity index is 1780. The van der Waals surface area contributed by atoms with Crippen molar-refractivity contribution < 1.29 is 51.9 Å². The van der Waals surface area contributed by atoms with E-state index in [0.29, 0.717) is 18.2 Å². The topological polar surface area (TPSA) is 289 Å². The summed E-state index contributed by atoms with van der Waals surface area (Å²) in [5, 5.41) is 20.1. The Balaban J connectivity index is 1.25. The zero-order valence-corrected chi connectivity index (χ0v) is 23.6.